The van der Waals surface area contributed by atoms with E-state index in [1.807, 2.05) is 37.3 Å². The van der Waals surface area contributed by atoms with Crippen LogP contribution in [0.4, 0.5) is 11.4 Å². The third kappa shape index (κ3) is 3.44. The van der Waals surface area contributed by atoms with Crippen molar-refractivity contribution in [3.05, 3.63) is 41.9 Å². The van der Waals surface area contributed by atoms with E-state index in [9.17, 15) is 0 Å². The molecule has 0 amide bonds. The number of para-hydroxylation sites is 1. The number of anilines is 2. The summed E-state index contributed by atoms with van der Waals surface area (Å²) in [5.41, 5.74) is 7.58. The van der Waals surface area contributed by atoms with E-state index >= 15 is 0 Å². The summed E-state index contributed by atoms with van der Waals surface area (Å²) in [5, 5.41) is 3.26. The molecule has 4 heteroatoms. The fourth-order valence-corrected chi connectivity index (χ4v) is 1.80. The van der Waals surface area contributed by atoms with Gasteiger partial charge in [0.2, 0.25) is 0 Å². The van der Waals surface area contributed by atoms with Gasteiger partial charge in [0.1, 0.15) is 17.3 Å². The van der Waals surface area contributed by atoms with Gasteiger partial charge in [0.25, 0.3) is 0 Å². The molecular weight excluding hydrogens is 240 g/mol. The highest BCUT2D eigenvalue weighted by atomic mass is 16.5. The summed E-state index contributed by atoms with van der Waals surface area (Å²) in [7, 11) is 0. The van der Waals surface area contributed by atoms with Crippen molar-refractivity contribution in [2.24, 2.45) is 0 Å². The number of hydrogen-bond acceptors (Lipinski definition) is 4. The van der Waals surface area contributed by atoms with Crippen molar-refractivity contribution >= 4 is 11.4 Å². The zero-order chi connectivity index (χ0) is 13.7. The smallest absolute Gasteiger partial charge is 0.144 e. The molecule has 0 saturated carbocycles. The Balaban J connectivity index is 2.03. The van der Waals surface area contributed by atoms with Gasteiger partial charge in [-0.05, 0) is 37.6 Å². The molecule has 0 fully saturated rings. The maximum atomic E-state index is 6.08. The highest BCUT2D eigenvalue weighted by molar-refractivity contribution is 5.72. The molecule has 0 aliphatic carbocycles. The first-order chi connectivity index (χ1) is 9.20. The largest absolute Gasteiger partial charge is 0.491 e. The normalized spacial score (nSPS) is 10.4. The van der Waals surface area contributed by atoms with Gasteiger partial charge in [-0.15, -0.1) is 0 Å². The topological polar surface area (TPSA) is 60.4 Å². The minimum atomic E-state index is 0.606. The molecule has 2 aromatic rings. The number of nitrogen functional groups attached to an aromatic ring is 1. The Morgan fingerprint density at radius 1 is 1.26 bits per heavy atom. The van der Waals surface area contributed by atoms with Crippen LogP contribution in [0.3, 0.4) is 0 Å². The van der Waals surface area contributed by atoms with Gasteiger partial charge >= 0.3 is 0 Å². The third-order valence-electron chi connectivity index (χ3n) is 2.78. The number of ether oxygens (including phenoxy) is 1. The number of furan rings is 1. The van der Waals surface area contributed by atoms with Crippen molar-refractivity contribution in [3.8, 4) is 5.75 Å². The average Bonchev–Trinajstić information content (AvgIpc) is 2.82. The number of hydrogen-bond donors (Lipinski definition) is 2. The van der Waals surface area contributed by atoms with Crippen LogP contribution in [0.1, 0.15) is 24.9 Å². The number of nitrogens with one attached hydrogen (secondary N) is 1. The Labute approximate surface area is 113 Å². The highest BCUT2D eigenvalue weighted by Crippen LogP contribution is 2.29. The molecule has 19 heavy (non-hydrogen) atoms. The Morgan fingerprint density at radius 2 is 2.11 bits per heavy atom. The number of nitrogens with two attached hydrogens (primary N) is 1. The van der Waals surface area contributed by atoms with Gasteiger partial charge in [0.15, 0.2) is 0 Å². The first-order valence-electron chi connectivity index (χ1n) is 6.51. The van der Waals surface area contributed by atoms with E-state index in [1.165, 1.54) is 0 Å². The first kappa shape index (κ1) is 13.3. The minimum Gasteiger partial charge on any atom is -0.491 e. The van der Waals surface area contributed by atoms with Crippen LogP contribution in [0, 0.1) is 6.92 Å². The summed E-state index contributed by atoms with van der Waals surface area (Å²) in [6.45, 7) is 5.27. The van der Waals surface area contributed by atoms with E-state index in [0.29, 0.717) is 18.8 Å². The minimum absolute atomic E-state index is 0.606. The van der Waals surface area contributed by atoms with Crippen LogP contribution < -0.4 is 15.8 Å². The molecule has 0 spiro atoms. The standard InChI is InChI=1S/C15H20N2O2/c1-3-9-18-14-6-4-5-13(15(14)16)17-10-12-8-7-11(2)19-12/h4-8,17H,3,9-10,16H2,1-2H3. The Kier molecular flexibility index (Phi) is 4.34. The van der Waals surface area contributed by atoms with Crippen molar-refractivity contribution in [1.29, 1.82) is 0 Å². The highest BCUT2D eigenvalue weighted by Gasteiger charge is 2.06. The molecular formula is C15H20N2O2. The monoisotopic (exact) mass is 260 g/mol. The number of aryl methyl sites for hydroxylation is 1. The lowest BCUT2D eigenvalue weighted by Crippen LogP contribution is -2.04. The average molecular weight is 260 g/mol. The van der Waals surface area contributed by atoms with Crippen LogP contribution in [-0.2, 0) is 6.54 Å². The van der Waals surface area contributed by atoms with Crippen LogP contribution >= 0.6 is 0 Å². The van der Waals surface area contributed by atoms with Crippen LogP contribution in [0.5, 0.6) is 5.75 Å². The molecule has 0 radical (unpaired) electrons. The quantitative estimate of drug-likeness (QED) is 0.779. The van der Waals surface area contributed by atoms with Crippen molar-refractivity contribution in [2.45, 2.75) is 26.8 Å². The van der Waals surface area contributed by atoms with Gasteiger partial charge in [-0.25, -0.2) is 0 Å². The van der Waals surface area contributed by atoms with Crippen molar-refractivity contribution < 1.29 is 9.15 Å². The van der Waals surface area contributed by atoms with E-state index in [0.717, 1.165) is 29.4 Å². The second-order valence-electron chi connectivity index (χ2n) is 4.43. The van der Waals surface area contributed by atoms with E-state index < -0.39 is 0 Å². The lowest BCUT2D eigenvalue weighted by Gasteiger charge is -2.12. The lowest BCUT2D eigenvalue weighted by atomic mass is 10.2. The molecule has 2 rings (SSSR count). The first-order valence-corrected chi connectivity index (χ1v) is 6.51. The summed E-state index contributed by atoms with van der Waals surface area (Å²) in [6.07, 6.45) is 0.961. The van der Waals surface area contributed by atoms with E-state index in [4.69, 9.17) is 14.9 Å². The van der Waals surface area contributed by atoms with Gasteiger partial charge in [0, 0.05) is 0 Å². The summed E-state index contributed by atoms with van der Waals surface area (Å²) < 4.78 is 11.1. The van der Waals surface area contributed by atoms with Gasteiger partial charge in [0.05, 0.1) is 24.5 Å². The molecule has 1 heterocycles. The van der Waals surface area contributed by atoms with Gasteiger partial charge in [-0.2, -0.15) is 0 Å². The number of rotatable bonds is 6. The van der Waals surface area contributed by atoms with Crippen LogP contribution in [-0.4, -0.2) is 6.61 Å². The van der Waals surface area contributed by atoms with Crippen LogP contribution in [0.25, 0.3) is 0 Å². The zero-order valence-electron chi connectivity index (χ0n) is 11.4. The fourth-order valence-electron chi connectivity index (χ4n) is 1.80. The molecule has 1 aromatic heterocycles. The second kappa shape index (κ2) is 6.18. The molecule has 4 nitrogen and oxygen atoms in total. The van der Waals surface area contributed by atoms with Crippen molar-refractivity contribution in [2.75, 3.05) is 17.7 Å². The van der Waals surface area contributed by atoms with Gasteiger partial charge < -0.3 is 20.2 Å². The zero-order valence-corrected chi connectivity index (χ0v) is 11.4. The molecule has 0 unspecified atom stereocenters. The van der Waals surface area contributed by atoms with Crippen molar-refractivity contribution in [1.82, 2.24) is 0 Å². The maximum Gasteiger partial charge on any atom is 0.144 e. The van der Waals surface area contributed by atoms with Crippen LogP contribution in [0.2, 0.25) is 0 Å². The third-order valence-corrected chi connectivity index (χ3v) is 2.78. The van der Waals surface area contributed by atoms with Gasteiger partial charge in [-0.1, -0.05) is 13.0 Å². The van der Waals surface area contributed by atoms with Crippen LogP contribution in [0.15, 0.2) is 34.7 Å². The predicted octanol–water partition coefficient (Wildman–Crippen LogP) is 3.57. The summed E-state index contributed by atoms with van der Waals surface area (Å²) in [4.78, 5) is 0. The molecule has 0 aliphatic rings. The molecule has 0 aliphatic heterocycles. The Bertz CT molecular complexity index is 535. The molecule has 3 N–H and O–H groups in total. The van der Waals surface area contributed by atoms with Crippen molar-refractivity contribution in [3.63, 3.8) is 0 Å². The molecule has 0 saturated heterocycles. The molecule has 102 valence electrons. The SMILES string of the molecule is CCCOc1cccc(NCc2ccc(C)o2)c1N. The second-order valence-corrected chi connectivity index (χ2v) is 4.43. The summed E-state index contributed by atoms with van der Waals surface area (Å²) >= 11 is 0. The van der Waals surface area contributed by atoms with E-state index in [-0.39, 0.29) is 0 Å². The lowest BCUT2D eigenvalue weighted by molar-refractivity contribution is 0.319. The molecule has 0 bridgehead atoms. The fraction of sp³-hybridized carbons (Fsp3) is 0.333. The molecule has 1 aromatic carbocycles. The summed E-state index contributed by atoms with van der Waals surface area (Å²) in [6, 6.07) is 9.64. The van der Waals surface area contributed by atoms with E-state index in [1.54, 1.807) is 0 Å². The molecule has 0 atom stereocenters. The predicted molar refractivity (Wildman–Crippen MR) is 77.4 cm³/mol. The Hall–Kier alpha value is -2.10. The van der Waals surface area contributed by atoms with Gasteiger partial charge in [-0.3, -0.25) is 0 Å². The van der Waals surface area contributed by atoms with E-state index in [2.05, 4.69) is 12.2 Å². The Morgan fingerprint density at radius 3 is 2.79 bits per heavy atom. The maximum absolute atomic E-state index is 6.08. The number of benzene rings is 1. The summed E-state index contributed by atoms with van der Waals surface area (Å²) in [5.74, 6) is 2.52.